The minimum Gasteiger partial charge on any atom is -0.356 e. The summed E-state index contributed by atoms with van der Waals surface area (Å²) in [5.41, 5.74) is 1.31. The Bertz CT molecular complexity index is 750. The second-order valence-corrected chi connectivity index (χ2v) is 7.02. The molecule has 1 unspecified atom stereocenters. The topological polar surface area (TPSA) is 76.2 Å². The highest BCUT2D eigenvalue weighted by Gasteiger charge is 2.27. The summed E-state index contributed by atoms with van der Waals surface area (Å²) < 4.78 is 3.87. The van der Waals surface area contributed by atoms with Gasteiger partial charge in [-0.2, -0.15) is 5.10 Å². The van der Waals surface area contributed by atoms with Gasteiger partial charge in [0.25, 0.3) is 0 Å². The third-order valence-electron chi connectivity index (χ3n) is 5.05. The highest BCUT2D eigenvalue weighted by Crippen LogP contribution is 2.26. The SMILES string of the molecule is CCCCNC(=NCc1nnc(C)n1C)N1CCC(c2cnn(C)c2)C1.I. The highest BCUT2D eigenvalue weighted by molar-refractivity contribution is 14.0. The summed E-state index contributed by atoms with van der Waals surface area (Å²) in [7, 11) is 3.96. The van der Waals surface area contributed by atoms with Crippen LogP contribution in [0.2, 0.25) is 0 Å². The predicted molar refractivity (Wildman–Crippen MR) is 117 cm³/mol. The molecule has 1 fully saturated rings. The molecule has 150 valence electrons. The van der Waals surface area contributed by atoms with Gasteiger partial charge in [-0.3, -0.25) is 4.68 Å². The molecule has 2 aromatic heterocycles. The monoisotopic (exact) mass is 486 g/mol. The molecule has 0 radical (unpaired) electrons. The molecule has 3 heterocycles. The number of hydrogen-bond donors (Lipinski definition) is 1. The molecule has 9 heteroatoms. The molecule has 1 N–H and O–H groups in total. The number of aromatic nitrogens is 5. The van der Waals surface area contributed by atoms with Crippen molar-refractivity contribution >= 4 is 29.9 Å². The Kier molecular flexibility index (Phi) is 8.06. The molecule has 8 nitrogen and oxygen atoms in total. The lowest BCUT2D eigenvalue weighted by Gasteiger charge is -2.22. The van der Waals surface area contributed by atoms with Crippen LogP contribution in [0.3, 0.4) is 0 Å². The largest absolute Gasteiger partial charge is 0.356 e. The van der Waals surface area contributed by atoms with Crippen LogP contribution in [0.4, 0.5) is 0 Å². The van der Waals surface area contributed by atoms with Gasteiger partial charge in [-0.05, 0) is 25.3 Å². The van der Waals surface area contributed by atoms with Gasteiger partial charge in [-0.25, -0.2) is 4.99 Å². The van der Waals surface area contributed by atoms with Crippen LogP contribution in [-0.4, -0.2) is 55.0 Å². The molecule has 0 spiro atoms. The summed E-state index contributed by atoms with van der Waals surface area (Å²) >= 11 is 0. The van der Waals surface area contributed by atoms with E-state index in [-0.39, 0.29) is 24.0 Å². The maximum Gasteiger partial charge on any atom is 0.194 e. The Labute approximate surface area is 178 Å². The van der Waals surface area contributed by atoms with Crippen molar-refractivity contribution in [2.24, 2.45) is 19.1 Å². The van der Waals surface area contributed by atoms with Crippen molar-refractivity contribution in [1.82, 2.24) is 34.8 Å². The minimum atomic E-state index is 0. The fourth-order valence-electron chi connectivity index (χ4n) is 3.25. The van der Waals surface area contributed by atoms with Crippen molar-refractivity contribution in [3.63, 3.8) is 0 Å². The van der Waals surface area contributed by atoms with Crippen LogP contribution in [0.15, 0.2) is 17.4 Å². The smallest absolute Gasteiger partial charge is 0.194 e. The Hall–Kier alpha value is -1.65. The maximum atomic E-state index is 4.84. The van der Waals surface area contributed by atoms with Gasteiger partial charge in [0.1, 0.15) is 12.4 Å². The average Bonchev–Trinajstić information content (AvgIpc) is 3.34. The van der Waals surface area contributed by atoms with Gasteiger partial charge in [0, 0.05) is 45.8 Å². The van der Waals surface area contributed by atoms with Gasteiger partial charge >= 0.3 is 0 Å². The maximum absolute atomic E-state index is 4.84. The number of aliphatic imine (C=N–C) groups is 1. The third-order valence-corrected chi connectivity index (χ3v) is 5.05. The Morgan fingerprint density at radius 1 is 1.33 bits per heavy atom. The number of nitrogens with zero attached hydrogens (tertiary/aromatic N) is 7. The van der Waals surface area contributed by atoms with E-state index in [0.29, 0.717) is 12.5 Å². The Morgan fingerprint density at radius 3 is 2.78 bits per heavy atom. The molecule has 0 aromatic carbocycles. The summed E-state index contributed by atoms with van der Waals surface area (Å²) in [6.45, 7) is 7.63. The number of nitrogens with one attached hydrogen (secondary N) is 1. The molecule has 27 heavy (non-hydrogen) atoms. The zero-order valence-electron chi connectivity index (χ0n) is 16.7. The summed E-state index contributed by atoms with van der Waals surface area (Å²) in [5, 5.41) is 16.2. The lowest BCUT2D eigenvalue weighted by Crippen LogP contribution is -2.40. The zero-order chi connectivity index (χ0) is 18.5. The van der Waals surface area contributed by atoms with Crippen molar-refractivity contribution in [2.75, 3.05) is 19.6 Å². The number of rotatable bonds is 6. The first-order valence-electron chi connectivity index (χ1n) is 9.45. The van der Waals surface area contributed by atoms with Gasteiger partial charge in [0.2, 0.25) is 0 Å². The molecule has 1 atom stereocenters. The first-order chi connectivity index (χ1) is 12.6. The van der Waals surface area contributed by atoms with Crippen molar-refractivity contribution in [3.8, 4) is 0 Å². The van der Waals surface area contributed by atoms with Crippen LogP contribution >= 0.6 is 24.0 Å². The van der Waals surface area contributed by atoms with Gasteiger partial charge in [0.05, 0.1) is 6.20 Å². The van der Waals surface area contributed by atoms with Crippen LogP contribution < -0.4 is 5.32 Å². The molecule has 0 saturated carbocycles. The van der Waals surface area contributed by atoms with Crippen molar-refractivity contribution < 1.29 is 0 Å². The molecule has 1 aliphatic heterocycles. The van der Waals surface area contributed by atoms with E-state index in [2.05, 4.69) is 38.6 Å². The van der Waals surface area contributed by atoms with E-state index >= 15 is 0 Å². The summed E-state index contributed by atoms with van der Waals surface area (Å²) in [6.07, 6.45) is 7.54. The van der Waals surface area contributed by atoms with E-state index in [0.717, 1.165) is 50.1 Å². The molecule has 2 aromatic rings. The lowest BCUT2D eigenvalue weighted by molar-refractivity contribution is 0.481. The first kappa shape index (κ1) is 21.6. The summed E-state index contributed by atoms with van der Waals surface area (Å²) in [5.74, 6) is 3.29. The molecule has 3 rings (SSSR count). The predicted octanol–water partition coefficient (Wildman–Crippen LogP) is 2.21. The highest BCUT2D eigenvalue weighted by atomic mass is 127. The van der Waals surface area contributed by atoms with E-state index < -0.39 is 0 Å². The zero-order valence-corrected chi connectivity index (χ0v) is 19.1. The van der Waals surface area contributed by atoms with Crippen LogP contribution in [0.5, 0.6) is 0 Å². The summed E-state index contributed by atoms with van der Waals surface area (Å²) in [4.78, 5) is 7.20. The van der Waals surface area contributed by atoms with Crippen LogP contribution in [-0.2, 0) is 20.6 Å². The van der Waals surface area contributed by atoms with Crippen LogP contribution in [0.1, 0.15) is 49.3 Å². The second-order valence-electron chi connectivity index (χ2n) is 7.02. The Morgan fingerprint density at radius 2 is 2.15 bits per heavy atom. The Balaban J connectivity index is 0.00000261. The van der Waals surface area contributed by atoms with Crippen LogP contribution in [0.25, 0.3) is 0 Å². The van der Waals surface area contributed by atoms with Crippen molar-refractivity contribution in [2.45, 2.75) is 45.6 Å². The van der Waals surface area contributed by atoms with E-state index in [4.69, 9.17) is 4.99 Å². The normalized spacial score (nSPS) is 17.3. The average molecular weight is 486 g/mol. The van der Waals surface area contributed by atoms with Gasteiger partial charge in [-0.15, -0.1) is 34.2 Å². The van der Waals surface area contributed by atoms with E-state index in [1.54, 1.807) is 0 Å². The molecule has 0 bridgehead atoms. The first-order valence-corrected chi connectivity index (χ1v) is 9.45. The van der Waals surface area contributed by atoms with Gasteiger partial charge in [0.15, 0.2) is 11.8 Å². The third kappa shape index (κ3) is 5.43. The summed E-state index contributed by atoms with van der Waals surface area (Å²) in [6, 6.07) is 0. The lowest BCUT2D eigenvalue weighted by atomic mass is 10.0. The number of aryl methyl sites for hydroxylation is 2. The molecule has 0 aliphatic carbocycles. The van der Waals surface area contributed by atoms with E-state index in [1.165, 1.54) is 12.0 Å². The van der Waals surface area contributed by atoms with Crippen molar-refractivity contribution in [1.29, 1.82) is 0 Å². The second kappa shape index (κ2) is 10.0. The van der Waals surface area contributed by atoms with Crippen LogP contribution in [0, 0.1) is 6.92 Å². The molecule has 0 amide bonds. The van der Waals surface area contributed by atoms with E-state index in [1.807, 2.05) is 36.5 Å². The molecular weight excluding hydrogens is 455 g/mol. The number of unbranched alkanes of at least 4 members (excludes halogenated alkanes) is 1. The number of guanidine groups is 1. The standard InChI is InChI=1S/C18H30N8.HI/c1-5-6-8-19-18(20-11-17-23-22-14(2)25(17)4)26-9-7-15(13-26)16-10-21-24(3)12-16;/h10,12,15H,5-9,11,13H2,1-4H3,(H,19,20);1H. The number of hydrogen-bond acceptors (Lipinski definition) is 4. The number of likely N-dealkylation sites (tertiary alicyclic amines) is 1. The van der Waals surface area contributed by atoms with E-state index in [9.17, 15) is 0 Å². The van der Waals surface area contributed by atoms with Gasteiger partial charge in [-0.1, -0.05) is 13.3 Å². The van der Waals surface area contributed by atoms with Gasteiger partial charge < -0.3 is 14.8 Å². The quantitative estimate of drug-likeness (QED) is 0.293. The fraction of sp³-hybridized carbons (Fsp3) is 0.667. The van der Waals surface area contributed by atoms with Crippen molar-refractivity contribution in [3.05, 3.63) is 29.6 Å². The molecule has 1 saturated heterocycles. The molecular formula is C18H31IN8. The minimum absolute atomic E-state index is 0. The fourth-order valence-corrected chi connectivity index (χ4v) is 3.25. The number of halogens is 1. The molecule has 1 aliphatic rings.